The molecule has 0 saturated carbocycles. The molecular weight excluding hydrogens is 424 g/mol. The number of amides is 2. The standard InChI is InChI=1S/C21H21ClN4O3S/c22-16-6-1-4-14(12-16)19-24-18(29-25-19)8-9-23-20(27)15-5-2-10-26(13-15)21(28)17-7-3-11-30-17/h1,3-4,6-7,11-12,15H,2,5,8-10,13H2,(H,23,27). The molecule has 2 aromatic heterocycles. The van der Waals surface area contributed by atoms with Crippen molar-refractivity contribution in [2.75, 3.05) is 19.6 Å². The molecule has 1 N–H and O–H groups in total. The van der Waals surface area contributed by atoms with Gasteiger partial charge in [-0.2, -0.15) is 4.98 Å². The van der Waals surface area contributed by atoms with Gasteiger partial charge in [0.15, 0.2) is 0 Å². The monoisotopic (exact) mass is 444 g/mol. The van der Waals surface area contributed by atoms with E-state index >= 15 is 0 Å². The first-order valence-electron chi connectivity index (χ1n) is 9.79. The van der Waals surface area contributed by atoms with Crippen LogP contribution in [0.2, 0.25) is 5.02 Å². The Balaban J connectivity index is 1.27. The molecule has 1 atom stereocenters. The zero-order valence-electron chi connectivity index (χ0n) is 16.2. The van der Waals surface area contributed by atoms with E-state index in [1.807, 2.05) is 29.6 Å². The van der Waals surface area contributed by atoms with Crippen molar-refractivity contribution in [1.82, 2.24) is 20.4 Å². The first kappa shape index (κ1) is 20.6. The van der Waals surface area contributed by atoms with Crippen LogP contribution in [0.15, 0.2) is 46.3 Å². The summed E-state index contributed by atoms with van der Waals surface area (Å²) in [6.45, 7) is 1.53. The Morgan fingerprint density at radius 2 is 2.20 bits per heavy atom. The molecule has 4 rings (SSSR count). The number of piperidine rings is 1. The number of carbonyl (C=O) groups is 2. The predicted molar refractivity (Wildman–Crippen MR) is 114 cm³/mol. The Labute approximate surface area is 183 Å². The van der Waals surface area contributed by atoms with Crippen molar-refractivity contribution in [3.8, 4) is 11.4 Å². The van der Waals surface area contributed by atoms with E-state index in [1.165, 1.54) is 11.3 Å². The third kappa shape index (κ3) is 4.88. The Hall–Kier alpha value is -2.71. The number of hydrogen-bond acceptors (Lipinski definition) is 6. The zero-order chi connectivity index (χ0) is 20.9. The lowest BCUT2D eigenvalue weighted by atomic mass is 9.97. The lowest BCUT2D eigenvalue weighted by Crippen LogP contribution is -2.45. The molecule has 1 aromatic carbocycles. The summed E-state index contributed by atoms with van der Waals surface area (Å²) in [5.41, 5.74) is 0.777. The van der Waals surface area contributed by atoms with E-state index in [4.69, 9.17) is 16.1 Å². The molecule has 156 valence electrons. The molecule has 3 heterocycles. The third-order valence-electron chi connectivity index (χ3n) is 5.00. The van der Waals surface area contributed by atoms with Gasteiger partial charge in [-0.3, -0.25) is 9.59 Å². The van der Waals surface area contributed by atoms with Gasteiger partial charge in [-0.15, -0.1) is 11.3 Å². The summed E-state index contributed by atoms with van der Waals surface area (Å²) in [4.78, 5) is 32.0. The van der Waals surface area contributed by atoms with Crippen LogP contribution in [0.4, 0.5) is 0 Å². The van der Waals surface area contributed by atoms with Crippen molar-refractivity contribution in [3.05, 3.63) is 57.6 Å². The van der Waals surface area contributed by atoms with E-state index in [0.717, 1.165) is 18.4 Å². The summed E-state index contributed by atoms with van der Waals surface area (Å²) in [7, 11) is 0. The van der Waals surface area contributed by atoms with Crippen LogP contribution in [0.3, 0.4) is 0 Å². The average Bonchev–Trinajstić information content (AvgIpc) is 3.46. The van der Waals surface area contributed by atoms with Crippen molar-refractivity contribution in [2.24, 2.45) is 5.92 Å². The molecular formula is C21H21ClN4O3S. The van der Waals surface area contributed by atoms with Crippen LogP contribution >= 0.6 is 22.9 Å². The highest BCUT2D eigenvalue weighted by Crippen LogP contribution is 2.21. The summed E-state index contributed by atoms with van der Waals surface area (Å²) in [5.74, 6) is 0.666. The Bertz CT molecular complexity index is 1020. The highest BCUT2D eigenvalue weighted by atomic mass is 35.5. The number of halogens is 1. The molecule has 0 spiro atoms. The fourth-order valence-corrected chi connectivity index (χ4v) is 4.35. The Morgan fingerprint density at radius 1 is 1.30 bits per heavy atom. The third-order valence-corrected chi connectivity index (χ3v) is 6.09. The van der Waals surface area contributed by atoms with Crippen LogP contribution in [0.1, 0.15) is 28.4 Å². The molecule has 3 aromatic rings. The van der Waals surface area contributed by atoms with Crippen molar-refractivity contribution in [3.63, 3.8) is 0 Å². The molecule has 1 saturated heterocycles. The Morgan fingerprint density at radius 3 is 3.00 bits per heavy atom. The fourth-order valence-electron chi connectivity index (χ4n) is 3.47. The summed E-state index contributed by atoms with van der Waals surface area (Å²) >= 11 is 7.42. The van der Waals surface area contributed by atoms with E-state index in [0.29, 0.717) is 47.7 Å². The second kappa shape index (κ2) is 9.40. The quantitative estimate of drug-likeness (QED) is 0.626. The molecule has 0 aliphatic carbocycles. The molecule has 1 aliphatic heterocycles. The summed E-state index contributed by atoms with van der Waals surface area (Å²) in [6, 6.07) is 10.9. The number of hydrogen-bond donors (Lipinski definition) is 1. The SMILES string of the molecule is O=C(NCCc1nc(-c2cccc(Cl)c2)no1)C1CCCN(C(=O)c2cccs2)C1. The van der Waals surface area contributed by atoms with Gasteiger partial charge in [0, 0.05) is 36.6 Å². The summed E-state index contributed by atoms with van der Waals surface area (Å²) in [5, 5.41) is 9.39. The van der Waals surface area contributed by atoms with Crippen molar-refractivity contribution in [2.45, 2.75) is 19.3 Å². The molecule has 0 radical (unpaired) electrons. The zero-order valence-corrected chi connectivity index (χ0v) is 17.8. The summed E-state index contributed by atoms with van der Waals surface area (Å²) < 4.78 is 5.27. The minimum absolute atomic E-state index is 0.00176. The van der Waals surface area contributed by atoms with Gasteiger partial charge < -0.3 is 14.7 Å². The number of rotatable bonds is 6. The van der Waals surface area contributed by atoms with Crippen LogP contribution in [-0.4, -0.2) is 46.5 Å². The van der Waals surface area contributed by atoms with E-state index in [-0.39, 0.29) is 17.7 Å². The van der Waals surface area contributed by atoms with Crippen LogP contribution in [-0.2, 0) is 11.2 Å². The van der Waals surface area contributed by atoms with Gasteiger partial charge in [0.25, 0.3) is 5.91 Å². The Kier molecular flexibility index (Phi) is 6.44. The van der Waals surface area contributed by atoms with Crippen LogP contribution in [0.5, 0.6) is 0 Å². The molecule has 0 bridgehead atoms. The van der Waals surface area contributed by atoms with Gasteiger partial charge in [0.2, 0.25) is 17.6 Å². The highest BCUT2D eigenvalue weighted by Gasteiger charge is 2.29. The van der Waals surface area contributed by atoms with Crippen molar-refractivity contribution in [1.29, 1.82) is 0 Å². The topological polar surface area (TPSA) is 88.3 Å². The van der Waals surface area contributed by atoms with Crippen LogP contribution in [0.25, 0.3) is 11.4 Å². The van der Waals surface area contributed by atoms with Gasteiger partial charge in [0.1, 0.15) is 0 Å². The average molecular weight is 445 g/mol. The summed E-state index contributed by atoms with van der Waals surface area (Å²) in [6.07, 6.45) is 2.03. The van der Waals surface area contributed by atoms with E-state index in [2.05, 4.69) is 15.5 Å². The second-order valence-electron chi connectivity index (χ2n) is 7.13. The maximum absolute atomic E-state index is 12.6. The van der Waals surface area contributed by atoms with Crippen LogP contribution in [0, 0.1) is 5.92 Å². The number of nitrogens with zero attached hydrogens (tertiary/aromatic N) is 3. The number of carbonyl (C=O) groups excluding carboxylic acids is 2. The van der Waals surface area contributed by atoms with Crippen LogP contribution < -0.4 is 5.32 Å². The molecule has 2 amide bonds. The molecule has 7 nitrogen and oxygen atoms in total. The molecule has 1 aliphatic rings. The number of likely N-dealkylation sites (tertiary alicyclic amines) is 1. The van der Waals surface area contributed by atoms with Crippen molar-refractivity contribution >= 4 is 34.8 Å². The van der Waals surface area contributed by atoms with Gasteiger partial charge in [0.05, 0.1) is 10.8 Å². The fraction of sp³-hybridized carbons (Fsp3) is 0.333. The number of aromatic nitrogens is 2. The minimum atomic E-state index is -0.202. The second-order valence-corrected chi connectivity index (χ2v) is 8.51. The van der Waals surface area contributed by atoms with E-state index < -0.39 is 0 Å². The van der Waals surface area contributed by atoms with E-state index in [9.17, 15) is 9.59 Å². The maximum atomic E-state index is 12.6. The number of nitrogens with one attached hydrogen (secondary N) is 1. The first-order valence-corrected chi connectivity index (χ1v) is 11.0. The van der Waals surface area contributed by atoms with Crippen molar-refractivity contribution < 1.29 is 14.1 Å². The van der Waals surface area contributed by atoms with Gasteiger partial charge in [-0.05, 0) is 36.4 Å². The largest absolute Gasteiger partial charge is 0.355 e. The van der Waals surface area contributed by atoms with E-state index in [1.54, 1.807) is 17.0 Å². The molecule has 1 fully saturated rings. The smallest absolute Gasteiger partial charge is 0.263 e. The minimum Gasteiger partial charge on any atom is -0.355 e. The number of benzene rings is 1. The highest BCUT2D eigenvalue weighted by molar-refractivity contribution is 7.12. The first-order chi connectivity index (χ1) is 14.6. The number of thiophene rings is 1. The normalized spacial score (nSPS) is 16.4. The molecule has 9 heteroatoms. The maximum Gasteiger partial charge on any atom is 0.263 e. The van der Waals surface area contributed by atoms with Gasteiger partial charge in [-0.1, -0.05) is 35.0 Å². The van der Waals surface area contributed by atoms with Gasteiger partial charge >= 0.3 is 0 Å². The predicted octanol–water partition coefficient (Wildman–Crippen LogP) is 3.66. The molecule has 1 unspecified atom stereocenters. The lowest BCUT2D eigenvalue weighted by Gasteiger charge is -2.31. The molecule has 30 heavy (non-hydrogen) atoms. The lowest BCUT2D eigenvalue weighted by molar-refractivity contribution is -0.126. The van der Waals surface area contributed by atoms with Gasteiger partial charge in [-0.25, -0.2) is 0 Å².